The van der Waals surface area contributed by atoms with E-state index in [9.17, 15) is 9.18 Å². The number of carbonyl (C=O) groups excluding carboxylic acids is 1. The first kappa shape index (κ1) is 16.8. The Morgan fingerprint density at radius 2 is 1.88 bits per heavy atom. The monoisotopic (exact) mass is 331 g/mol. The number of carbonyl (C=O) groups is 1. The zero-order chi connectivity index (χ0) is 17.3. The van der Waals surface area contributed by atoms with Crippen molar-refractivity contribution < 1.29 is 9.18 Å². The maximum Gasteiger partial charge on any atom is 0.219 e. The number of piperazine rings is 1. The van der Waals surface area contributed by atoms with E-state index in [1.807, 2.05) is 17.0 Å². The molecule has 1 fully saturated rings. The number of hydrogen-bond donors (Lipinski definition) is 0. The van der Waals surface area contributed by atoms with E-state index in [4.69, 9.17) is 0 Å². The van der Waals surface area contributed by atoms with Crippen molar-refractivity contribution >= 4 is 23.4 Å². The van der Waals surface area contributed by atoms with Crippen LogP contribution in [-0.4, -0.2) is 49.6 Å². The predicted octanol–water partition coefficient (Wildman–Crippen LogP) is 3.13. The summed E-state index contributed by atoms with van der Waals surface area (Å²) in [6.07, 6.45) is 5.24. The summed E-state index contributed by atoms with van der Waals surface area (Å²) in [6, 6.07) is 4.01. The molecule has 0 aromatic heterocycles. The molecule has 2 heterocycles. The van der Waals surface area contributed by atoms with Gasteiger partial charge in [0.2, 0.25) is 5.91 Å². The van der Waals surface area contributed by atoms with Crippen LogP contribution in [0.2, 0.25) is 0 Å². The number of nitrogens with zero attached hydrogens (tertiary/aromatic N) is 3. The zero-order valence-corrected chi connectivity index (χ0v) is 14.8. The second-order valence-corrected chi connectivity index (χ2v) is 6.48. The molecule has 24 heavy (non-hydrogen) atoms. The van der Waals surface area contributed by atoms with Gasteiger partial charge >= 0.3 is 0 Å². The first-order chi connectivity index (χ1) is 11.5. The highest BCUT2D eigenvalue weighted by molar-refractivity contribution is 5.77. The number of benzene rings is 1. The fourth-order valence-corrected chi connectivity index (χ4v) is 3.71. The van der Waals surface area contributed by atoms with Crippen molar-refractivity contribution in [1.82, 2.24) is 4.90 Å². The summed E-state index contributed by atoms with van der Waals surface area (Å²) in [5.74, 6) is -0.0886. The average Bonchev–Trinajstić information content (AvgIpc) is 2.60. The summed E-state index contributed by atoms with van der Waals surface area (Å²) < 4.78 is 14.7. The first-order valence-corrected chi connectivity index (χ1v) is 8.84. The molecular formula is C19H26FN3O. The molecular weight excluding hydrogens is 305 g/mol. The number of halogens is 1. The molecule has 130 valence electrons. The molecule has 0 spiro atoms. The number of anilines is 2. The molecule has 0 N–H and O–H groups in total. The lowest BCUT2D eigenvalue weighted by molar-refractivity contribution is -0.129. The number of rotatable bonds is 3. The fourth-order valence-electron chi connectivity index (χ4n) is 3.71. The smallest absolute Gasteiger partial charge is 0.219 e. The standard InChI is InChI=1S/C19H26FN3O/c1-4-16-7-6-15-12-17(20)19(13-18(15)23(16)5-2)22-10-8-21(9-11-22)14(3)24/h6-7,12-13,16H,4-5,8-11H2,1-3H3. The molecule has 2 aliphatic heterocycles. The molecule has 1 unspecified atom stereocenters. The summed E-state index contributed by atoms with van der Waals surface area (Å²) in [5, 5.41) is 0. The van der Waals surface area contributed by atoms with Crippen molar-refractivity contribution in [3.8, 4) is 0 Å². The molecule has 5 heteroatoms. The van der Waals surface area contributed by atoms with Gasteiger partial charge in [-0.25, -0.2) is 4.39 Å². The molecule has 1 aromatic rings. The van der Waals surface area contributed by atoms with Crippen molar-refractivity contribution in [3.05, 3.63) is 29.6 Å². The minimum Gasteiger partial charge on any atom is -0.366 e. The van der Waals surface area contributed by atoms with Crippen LogP contribution in [0.25, 0.3) is 6.08 Å². The summed E-state index contributed by atoms with van der Waals surface area (Å²) in [5.41, 5.74) is 2.71. The van der Waals surface area contributed by atoms with Crippen LogP contribution in [0, 0.1) is 5.82 Å². The maximum atomic E-state index is 14.7. The van der Waals surface area contributed by atoms with Crippen LogP contribution in [0.15, 0.2) is 18.2 Å². The van der Waals surface area contributed by atoms with E-state index in [2.05, 4.69) is 29.7 Å². The largest absolute Gasteiger partial charge is 0.366 e. The van der Waals surface area contributed by atoms with E-state index in [0.29, 0.717) is 37.9 Å². The van der Waals surface area contributed by atoms with Gasteiger partial charge in [-0.05, 0) is 25.5 Å². The molecule has 1 saturated heterocycles. The number of likely N-dealkylation sites (N-methyl/N-ethyl adjacent to an activating group) is 1. The first-order valence-electron chi connectivity index (χ1n) is 8.84. The lowest BCUT2D eigenvalue weighted by Gasteiger charge is -2.38. The predicted molar refractivity (Wildman–Crippen MR) is 97.0 cm³/mol. The van der Waals surface area contributed by atoms with Crippen LogP contribution in [0.4, 0.5) is 15.8 Å². The van der Waals surface area contributed by atoms with E-state index in [-0.39, 0.29) is 11.7 Å². The maximum absolute atomic E-state index is 14.7. The molecule has 1 atom stereocenters. The van der Waals surface area contributed by atoms with Crippen LogP contribution >= 0.6 is 0 Å². The summed E-state index contributed by atoms with van der Waals surface area (Å²) in [4.78, 5) is 17.7. The Balaban J connectivity index is 1.89. The molecule has 4 nitrogen and oxygen atoms in total. The van der Waals surface area contributed by atoms with E-state index < -0.39 is 0 Å². The SMILES string of the molecule is CCC1C=Cc2cc(F)c(N3CCN(C(C)=O)CC3)cc2N1CC. The van der Waals surface area contributed by atoms with Gasteiger partial charge in [-0.1, -0.05) is 19.1 Å². The van der Waals surface area contributed by atoms with Gasteiger partial charge in [0.1, 0.15) is 5.82 Å². The van der Waals surface area contributed by atoms with E-state index >= 15 is 0 Å². The van der Waals surface area contributed by atoms with Gasteiger partial charge in [-0.3, -0.25) is 4.79 Å². The molecule has 0 aliphatic carbocycles. The van der Waals surface area contributed by atoms with E-state index in [1.165, 1.54) is 0 Å². The number of fused-ring (bicyclic) bond motifs is 1. The second kappa shape index (κ2) is 6.83. The van der Waals surface area contributed by atoms with Gasteiger partial charge in [-0.2, -0.15) is 0 Å². The highest BCUT2D eigenvalue weighted by atomic mass is 19.1. The molecule has 0 radical (unpaired) electrons. The highest BCUT2D eigenvalue weighted by Crippen LogP contribution is 2.35. The molecule has 2 aliphatic rings. The van der Waals surface area contributed by atoms with Crippen LogP contribution in [-0.2, 0) is 4.79 Å². The minimum absolute atomic E-state index is 0.0913. The topological polar surface area (TPSA) is 26.8 Å². The van der Waals surface area contributed by atoms with Crippen LogP contribution in [0.3, 0.4) is 0 Å². The molecule has 0 bridgehead atoms. The summed E-state index contributed by atoms with van der Waals surface area (Å²) in [7, 11) is 0. The lowest BCUT2D eigenvalue weighted by atomic mass is 10.00. The fraction of sp³-hybridized carbons (Fsp3) is 0.526. The van der Waals surface area contributed by atoms with Gasteiger partial charge in [0.05, 0.1) is 5.69 Å². The zero-order valence-electron chi connectivity index (χ0n) is 14.8. The van der Waals surface area contributed by atoms with Crippen molar-refractivity contribution in [2.24, 2.45) is 0 Å². The summed E-state index contributed by atoms with van der Waals surface area (Å²) >= 11 is 0. The van der Waals surface area contributed by atoms with Crippen molar-refractivity contribution in [2.45, 2.75) is 33.2 Å². The van der Waals surface area contributed by atoms with Crippen molar-refractivity contribution in [1.29, 1.82) is 0 Å². The van der Waals surface area contributed by atoms with Gasteiger partial charge in [0.25, 0.3) is 0 Å². The van der Waals surface area contributed by atoms with Crippen molar-refractivity contribution in [3.63, 3.8) is 0 Å². The van der Waals surface area contributed by atoms with Crippen LogP contribution in [0.1, 0.15) is 32.8 Å². The quantitative estimate of drug-likeness (QED) is 0.851. The Hall–Kier alpha value is -2.04. The lowest BCUT2D eigenvalue weighted by Crippen LogP contribution is -2.48. The number of hydrogen-bond acceptors (Lipinski definition) is 3. The Morgan fingerprint density at radius 1 is 1.17 bits per heavy atom. The van der Waals surface area contributed by atoms with Gasteiger partial charge in [-0.15, -0.1) is 0 Å². The Morgan fingerprint density at radius 3 is 2.46 bits per heavy atom. The average molecular weight is 331 g/mol. The third kappa shape index (κ3) is 2.99. The van der Waals surface area contributed by atoms with Crippen LogP contribution < -0.4 is 9.80 Å². The molecule has 3 rings (SSSR count). The van der Waals surface area contributed by atoms with Crippen LogP contribution in [0.5, 0.6) is 0 Å². The number of amides is 1. The van der Waals surface area contributed by atoms with E-state index in [1.54, 1.807) is 13.0 Å². The summed E-state index contributed by atoms with van der Waals surface area (Å²) in [6.45, 7) is 9.46. The highest BCUT2D eigenvalue weighted by Gasteiger charge is 2.25. The Kier molecular flexibility index (Phi) is 4.78. The normalized spacial score (nSPS) is 20.3. The molecule has 0 saturated carbocycles. The Bertz CT molecular complexity index is 650. The molecule has 1 aromatic carbocycles. The van der Waals surface area contributed by atoms with Gasteiger partial charge in [0, 0.05) is 56.9 Å². The van der Waals surface area contributed by atoms with Gasteiger partial charge in [0.15, 0.2) is 0 Å². The Labute approximate surface area is 143 Å². The third-order valence-electron chi connectivity index (χ3n) is 5.13. The molecule has 1 amide bonds. The van der Waals surface area contributed by atoms with E-state index in [0.717, 1.165) is 24.2 Å². The van der Waals surface area contributed by atoms with Gasteiger partial charge < -0.3 is 14.7 Å². The van der Waals surface area contributed by atoms with Crippen molar-refractivity contribution in [2.75, 3.05) is 42.5 Å². The third-order valence-corrected chi connectivity index (χ3v) is 5.13. The minimum atomic E-state index is -0.180. The second-order valence-electron chi connectivity index (χ2n) is 6.48.